The Morgan fingerprint density at radius 3 is 1.92 bits per heavy atom. The van der Waals surface area contributed by atoms with E-state index in [2.05, 4.69) is 36.6 Å². The molecule has 5 fully saturated rings. The number of nitrogens with one attached hydrogen (secondary N) is 1. The third-order valence-corrected chi connectivity index (χ3v) is 14.9. The predicted octanol–water partition coefficient (Wildman–Crippen LogP) is -4.95. The maximum absolute atomic E-state index is 13.1. The Morgan fingerprint density at radius 2 is 1.39 bits per heavy atom. The fourth-order valence-electron chi connectivity index (χ4n) is 10.9. The van der Waals surface area contributed by atoms with Crippen molar-refractivity contribution in [3.63, 3.8) is 0 Å². The van der Waals surface area contributed by atoms with E-state index in [0.29, 0.717) is 19.3 Å². The van der Waals surface area contributed by atoms with Crippen molar-refractivity contribution in [2.45, 2.75) is 116 Å². The molecule has 1 heterocycles. The first-order valence-corrected chi connectivity index (χ1v) is 20.4. The maximum atomic E-state index is 13.1. The van der Waals surface area contributed by atoms with Crippen LogP contribution in [0.15, 0.2) is 0 Å². The normalized spacial score (nSPS) is 45.9. The van der Waals surface area contributed by atoms with Crippen LogP contribution < -0.4 is 63.8 Å². The van der Waals surface area contributed by atoms with Gasteiger partial charge in [0.05, 0.1) is 24.4 Å². The van der Waals surface area contributed by atoms with Crippen molar-refractivity contribution in [1.82, 2.24) is 4.72 Å². The first-order valence-electron chi connectivity index (χ1n) is 16.4. The summed E-state index contributed by atoms with van der Waals surface area (Å²) in [6.07, 6.45) is -7.18. The van der Waals surface area contributed by atoms with Crippen molar-refractivity contribution in [2.24, 2.45) is 58.2 Å². The molecule has 0 aromatic rings. The van der Waals surface area contributed by atoms with Crippen LogP contribution in [0.25, 0.3) is 0 Å². The van der Waals surface area contributed by atoms with Crippen molar-refractivity contribution in [1.29, 1.82) is 0 Å². The van der Waals surface area contributed by atoms with Gasteiger partial charge in [-0.3, -0.25) is 12.5 Å². The molecule has 5 rings (SSSR count). The van der Waals surface area contributed by atoms with Gasteiger partial charge in [-0.15, -0.1) is 0 Å². The summed E-state index contributed by atoms with van der Waals surface area (Å²) in [4.78, 5) is 0. The van der Waals surface area contributed by atoms with E-state index in [1.165, 1.54) is 7.05 Å². The second kappa shape index (κ2) is 15.6. The number of aliphatic hydroxyl groups excluding tert-OH is 2. The molecule has 0 bridgehead atoms. The minimum Gasteiger partial charge on any atom is -0.726 e. The van der Waals surface area contributed by atoms with E-state index in [-0.39, 0.29) is 102 Å². The molecular formula is C29H49NNa2O14S3. The molecule has 0 unspecified atom stereocenters. The van der Waals surface area contributed by atoms with E-state index in [9.17, 15) is 44.6 Å². The van der Waals surface area contributed by atoms with Crippen molar-refractivity contribution in [2.75, 3.05) is 7.05 Å². The second-order valence-corrected chi connectivity index (χ2v) is 19.0. The van der Waals surface area contributed by atoms with Gasteiger partial charge in [-0.1, -0.05) is 41.5 Å². The Hall–Kier alpha value is 1.49. The number of ether oxygens (including phenoxy) is 1. The Morgan fingerprint density at radius 1 is 0.816 bits per heavy atom. The fourth-order valence-corrected chi connectivity index (χ4v) is 12.5. The standard InChI is InChI=1S/C29H51NO14S3.2Na/c1-13(2)15(4)18-12-14(3)20-26(41-18)27(43-45(33,34)30-7)21-19-16(8-10-29(20,21)6)28(5)11-9-17(42-46(35,36)37)23(31)22(28)24(32)25(19)44-47(38,39)40;;/h13-27,30-32H,8-12H2,1-7H3,(H,35,36,37)(H,38,39,40);;/q;2*+1/p-2/t14-,15+,16+,17-,18-,19-,20+,21-,22-,23+,24+,25-,26+,27+,28-,29-;;/m1../s1. The van der Waals surface area contributed by atoms with Crippen molar-refractivity contribution >= 4 is 31.1 Å². The monoisotopic (exact) mass is 777 g/mol. The van der Waals surface area contributed by atoms with Gasteiger partial charge in [0, 0.05) is 18.9 Å². The maximum Gasteiger partial charge on any atom is 1.00 e. The van der Waals surface area contributed by atoms with Crippen molar-refractivity contribution in [3.05, 3.63) is 0 Å². The summed E-state index contributed by atoms with van der Waals surface area (Å²) in [5.41, 5.74) is -1.71. The van der Waals surface area contributed by atoms with Gasteiger partial charge in [0.1, 0.15) is 18.3 Å². The summed E-state index contributed by atoms with van der Waals surface area (Å²) < 4.78 is 122. The van der Waals surface area contributed by atoms with Crippen molar-refractivity contribution in [3.8, 4) is 0 Å². The third kappa shape index (κ3) is 8.37. The molecule has 20 heteroatoms. The molecular weight excluding hydrogens is 728 g/mol. The topological polar surface area (TPSA) is 238 Å². The van der Waals surface area contributed by atoms with Crippen molar-refractivity contribution < 1.29 is 121 Å². The zero-order chi connectivity index (χ0) is 35.2. The van der Waals surface area contributed by atoms with E-state index in [1.807, 2.05) is 6.92 Å². The van der Waals surface area contributed by atoms with Crippen LogP contribution in [0.4, 0.5) is 0 Å². The Balaban J connectivity index is 0.00000325. The first kappa shape index (κ1) is 44.9. The number of hydrogen-bond acceptors (Lipinski definition) is 14. The summed E-state index contributed by atoms with van der Waals surface area (Å²) in [6, 6.07) is 0. The molecule has 1 aliphatic heterocycles. The SMILES string of the molecule is CNS(=O)(=O)O[C@@H]1[C@H]2O[C@@H]([C@@H](C)C(C)C)C[C@@H](C)[C@@H]2[C@@]2(C)CC[C@H]3[C@@H]([C@@H](OS(=O)(=O)[O-])[C@@H](O)[C@H]4[C@@H](O)[C@H](OS(=O)(=O)[O-])CC[C@@]43C)[C@H]12.[Na+].[Na+]. The molecule has 16 atom stereocenters. The summed E-state index contributed by atoms with van der Waals surface area (Å²) >= 11 is 0. The summed E-state index contributed by atoms with van der Waals surface area (Å²) in [5.74, 6) is -3.36. The summed E-state index contributed by atoms with van der Waals surface area (Å²) in [5, 5.41) is 23.3. The van der Waals surface area contributed by atoms with Crippen LogP contribution in [0, 0.1) is 58.2 Å². The molecule has 0 aromatic heterocycles. The van der Waals surface area contributed by atoms with E-state index in [1.54, 1.807) is 6.92 Å². The van der Waals surface area contributed by atoms with Crippen LogP contribution in [0.1, 0.15) is 73.6 Å². The largest absolute Gasteiger partial charge is 1.00 e. The molecule has 4 aliphatic carbocycles. The molecule has 274 valence electrons. The number of rotatable bonds is 9. The van der Waals surface area contributed by atoms with E-state index in [0.717, 1.165) is 0 Å². The zero-order valence-electron chi connectivity index (χ0n) is 29.7. The number of aliphatic hydroxyl groups is 2. The quantitative estimate of drug-likeness (QED) is 0.113. The van der Waals surface area contributed by atoms with E-state index >= 15 is 0 Å². The molecule has 0 amide bonds. The smallest absolute Gasteiger partial charge is 0.726 e. The zero-order valence-corrected chi connectivity index (χ0v) is 36.2. The molecule has 15 nitrogen and oxygen atoms in total. The summed E-state index contributed by atoms with van der Waals surface area (Å²) in [7, 11) is -13.8. The average molecular weight is 778 g/mol. The molecule has 1 saturated heterocycles. The molecule has 0 radical (unpaired) electrons. The Bertz CT molecular complexity index is 1520. The molecule has 0 spiro atoms. The number of fused-ring (bicyclic) bond motifs is 7. The molecule has 49 heavy (non-hydrogen) atoms. The van der Waals surface area contributed by atoms with Crippen LogP contribution in [-0.2, 0) is 48.4 Å². The average Bonchev–Trinajstić information content (AvgIpc) is 3.18. The third-order valence-electron chi connectivity index (χ3n) is 13.0. The van der Waals surface area contributed by atoms with Gasteiger partial charge in [-0.25, -0.2) is 16.8 Å². The van der Waals surface area contributed by atoms with Gasteiger partial charge in [0.15, 0.2) is 0 Å². The minimum absolute atomic E-state index is 0. The van der Waals surface area contributed by atoms with Gasteiger partial charge < -0.3 is 24.1 Å². The van der Waals surface area contributed by atoms with Crippen LogP contribution in [0.3, 0.4) is 0 Å². The minimum atomic E-state index is -5.47. The first-order chi connectivity index (χ1) is 21.5. The van der Waals surface area contributed by atoms with Crippen LogP contribution >= 0.6 is 0 Å². The van der Waals surface area contributed by atoms with Crippen LogP contribution in [0.5, 0.6) is 0 Å². The molecule has 3 N–H and O–H groups in total. The second-order valence-electron chi connectivity index (χ2n) is 15.5. The van der Waals surface area contributed by atoms with Gasteiger partial charge in [-0.2, -0.15) is 13.1 Å². The molecule has 0 aromatic carbocycles. The van der Waals surface area contributed by atoms with Gasteiger partial charge in [-0.05, 0) is 78.4 Å². The molecule has 5 aliphatic rings. The van der Waals surface area contributed by atoms with Gasteiger partial charge in [0.25, 0.3) is 0 Å². The predicted molar refractivity (Wildman–Crippen MR) is 163 cm³/mol. The van der Waals surface area contributed by atoms with E-state index in [4.69, 9.17) is 13.1 Å². The summed E-state index contributed by atoms with van der Waals surface area (Å²) in [6.45, 7) is 12.1. The Kier molecular flexibility index (Phi) is 14.2. The van der Waals surface area contributed by atoms with Gasteiger partial charge in [0.2, 0.25) is 20.8 Å². The van der Waals surface area contributed by atoms with Gasteiger partial charge >= 0.3 is 69.4 Å². The number of hydrogen-bond donors (Lipinski definition) is 3. The van der Waals surface area contributed by atoms with Crippen LogP contribution in [-0.4, -0.2) is 94.3 Å². The van der Waals surface area contributed by atoms with E-state index < -0.39 is 102 Å². The Labute approximate surface area is 335 Å². The molecule has 4 saturated carbocycles. The van der Waals surface area contributed by atoms with Crippen LogP contribution in [0.2, 0.25) is 0 Å². The fraction of sp³-hybridized carbons (Fsp3) is 1.00.